The maximum Gasteiger partial charge on any atom is 0.322 e. The summed E-state index contributed by atoms with van der Waals surface area (Å²) in [7, 11) is 1.24. The number of benzene rings is 1. The van der Waals surface area contributed by atoms with Crippen LogP contribution in [0.3, 0.4) is 0 Å². The van der Waals surface area contributed by atoms with Gasteiger partial charge in [0.25, 0.3) is 0 Å². The molecule has 0 saturated heterocycles. The fourth-order valence-corrected chi connectivity index (χ4v) is 2.15. The Kier molecular flexibility index (Phi) is 5.90. The van der Waals surface area contributed by atoms with Gasteiger partial charge in [-0.2, -0.15) is 0 Å². The van der Waals surface area contributed by atoms with Crippen LogP contribution in [0.4, 0.5) is 5.69 Å². The Morgan fingerprint density at radius 3 is 2.75 bits per heavy atom. The minimum absolute atomic E-state index is 0.0829. The number of nitrogens with zero attached hydrogens (tertiary/aromatic N) is 1. The molecule has 1 aromatic rings. The number of halogens is 1. The van der Waals surface area contributed by atoms with Crippen molar-refractivity contribution in [1.29, 1.82) is 0 Å². The average molecular weight is 347 g/mol. The van der Waals surface area contributed by atoms with E-state index in [0.717, 1.165) is 0 Å². The molecule has 110 valence electrons. The van der Waals surface area contributed by atoms with E-state index < -0.39 is 16.9 Å². The quantitative estimate of drug-likeness (QED) is 0.479. The van der Waals surface area contributed by atoms with E-state index in [0.29, 0.717) is 10.0 Å². The van der Waals surface area contributed by atoms with Gasteiger partial charge in [0.2, 0.25) is 0 Å². The normalized spacial score (nSPS) is 11.8. The highest BCUT2D eigenvalue weighted by Gasteiger charge is 2.20. The van der Waals surface area contributed by atoms with Gasteiger partial charge in [-0.3, -0.25) is 14.9 Å². The van der Waals surface area contributed by atoms with E-state index in [-0.39, 0.29) is 24.5 Å². The number of hydrogen-bond acceptors (Lipinski definition) is 6. The van der Waals surface area contributed by atoms with Crippen molar-refractivity contribution in [3.8, 4) is 5.75 Å². The average Bonchev–Trinajstić information content (AvgIpc) is 2.39. The van der Waals surface area contributed by atoms with Gasteiger partial charge >= 0.3 is 11.7 Å². The van der Waals surface area contributed by atoms with Crippen LogP contribution in [0.1, 0.15) is 12.0 Å². The molecule has 0 amide bonds. The zero-order chi connectivity index (χ0) is 15.3. The van der Waals surface area contributed by atoms with Crippen LogP contribution in [0, 0.1) is 17.0 Å². The summed E-state index contributed by atoms with van der Waals surface area (Å²) in [6, 6.07) is 2.26. The van der Waals surface area contributed by atoms with Crippen molar-refractivity contribution in [1.82, 2.24) is 0 Å². The number of hydrogen-bond donors (Lipinski definition) is 1. The van der Waals surface area contributed by atoms with Crippen molar-refractivity contribution >= 4 is 27.6 Å². The summed E-state index contributed by atoms with van der Waals surface area (Å²) in [4.78, 5) is 21.6. The number of ether oxygens (including phenoxy) is 2. The highest BCUT2D eigenvalue weighted by Crippen LogP contribution is 2.34. The molecule has 0 fully saturated rings. The van der Waals surface area contributed by atoms with Crippen LogP contribution in [0.5, 0.6) is 5.75 Å². The van der Waals surface area contributed by atoms with Crippen molar-refractivity contribution in [2.45, 2.75) is 19.4 Å². The maximum absolute atomic E-state index is 11.1. The van der Waals surface area contributed by atoms with Gasteiger partial charge < -0.3 is 15.2 Å². The van der Waals surface area contributed by atoms with E-state index in [9.17, 15) is 14.9 Å². The molecule has 0 heterocycles. The molecule has 1 unspecified atom stereocenters. The highest BCUT2D eigenvalue weighted by atomic mass is 79.9. The Labute approximate surface area is 124 Å². The number of aryl methyl sites for hydroxylation is 1. The molecule has 0 aliphatic rings. The summed E-state index contributed by atoms with van der Waals surface area (Å²) < 4.78 is 10.5. The standard InChI is InChI=1S/C12H15BrN2O5/c1-7-5-8(13)6-10(15(17)18)11(7)20-4-3-9(14)12(16)19-2/h5-6,9H,3-4,14H2,1-2H3. The second-order valence-electron chi connectivity index (χ2n) is 4.09. The Morgan fingerprint density at radius 1 is 1.55 bits per heavy atom. The van der Waals surface area contributed by atoms with Crippen molar-refractivity contribution in [3.63, 3.8) is 0 Å². The zero-order valence-electron chi connectivity index (χ0n) is 11.1. The minimum atomic E-state index is -0.810. The first-order chi connectivity index (χ1) is 9.36. The molecule has 7 nitrogen and oxygen atoms in total. The number of esters is 1. The van der Waals surface area contributed by atoms with Crippen molar-refractivity contribution in [3.05, 3.63) is 32.3 Å². The number of nitro groups is 1. The van der Waals surface area contributed by atoms with Crippen LogP contribution < -0.4 is 10.5 Å². The van der Waals surface area contributed by atoms with Crippen LogP contribution >= 0.6 is 15.9 Å². The molecular formula is C12H15BrN2O5. The van der Waals surface area contributed by atoms with Crippen LogP contribution in [-0.4, -0.2) is 30.7 Å². The monoisotopic (exact) mass is 346 g/mol. The van der Waals surface area contributed by atoms with Gasteiger partial charge in [0.1, 0.15) is 6.04 Å². The number of methoxy groups -OCH3 is 1. The molecule has 1 atom stereocenters. The van der Waals surface area contributed by atoms with Gasteiger partial charge in [-0.1, -0.05) is 15.9 Å². The van der Waals surface area contributed by atoms with Crippen LogP contribution in [0.15, 0.2) is 16.6 Å². The molecule has 8 heteroatoms. The van der Waals surface area contributed by atoms with E-state index >= 15 is 0 Å². The fourth-order valence-electron chi connectivity index (χ4n) is 1.59. The van der Waals surface area contributed by atoms with E-state index in [4.69, 9.17) is 10.5 Å². The lowest BCUT2D eigenvalue weighted by Crippen LogP contribution is -2.33. The molecular weight excluding hydrogens is 332 g/mol. The molecule has 0 radical (unpaired) electrons. The molecule has 0 saturated carbocycles. The van der Waals surface area contributed by atoms with E-state index in [1.807, 2.05) is 0 Å². The van der Waals surface area contributed by atoms with Gasteiger partial charge in [0.05, 0.1) is 18.6 Å². The maximum atomic E-state index is 11.1. The lowest BCUT2D eigenvalue weighted by atomic mass is 10.2. The van der Waals surface area contributed by atoms with E-state index in [2.05, 4.69) is 20.7 Å². The molecule has 0 bridgehead atoms. The number of rotatable bonds is 6. The number of nitrogens with two attached hydrogens (primary N) is 1. The van der Waals surface area contributed by atoms with E-state index in [1.54, 1.807) is 13.0 Å². The number of carbonyl (C=O) groups is 1. The van der Waals surface area contributed by atoms with E-state index in [1.165, 1.54) is 13.2 Å². The lowest BCUT2D eigenvalue weighted by Gasteiger charge is -2.12. The minimum Gasteiger partial charge on any atom is -0.487 e. The summed E-state index contributed by atoms with van der Waals surface area (Å²) in [6.07, 6.45) is 0.208. The Balaban J connectivity index is 2.78. The molecule has 1 aromatic carbocycles. The topological polar surface area (TPSA) is 105 Å². The van der Waals surface area contributed by atoms with Crippen LogP contribution in [-0.2, 0) is 9.53 Å². The molecule has 0 aliphatic carbocycles. The van der Waals surface area contributed by atoms with Crippen molar-refractivity contribution < 1.29 is 19.2 Å². The van der Waals surface area contributed by atoms with Gasteiger partial charge in [-0.25, -0.2) is 0 Å². The Bertz CT molecular complexity index is 521. The first-order valence-electron chi connectivity index (χ1n) is 5.77. The summed E-state index contributed by atoms with van der Waals surface area (Å²) in [5.41, 5.74) is 6.04. The van der Waals surface area contributed by atoms with Crippen molar-refractivity contribution in [2.75, 3.05) is 13.7 Å². The Hall–Kier alpha value is -1.67. The highest BCUT2D eigenvalue weighted by molar-refractivity contribution is 9.10. The van der Waals surface area contributed by atoms with Crippen LogP contribution in [0.2, 0.25) is 0 Å². The molecule has 1 rings (SSSR count). The SMILES string of the molecule is COC(=O)C(N)CCOc1c(C)cc(Br)cc1[N+](=O)[O-]. The molecule has 2 N–H and O–H groups in total. The van der Waals surface area contributed by atoms with Crippen molar-refractivity contribution in [2.24, 2.45) is 5.73 Å². The first-order valence-corrected chi connectivity index (χ1v) is 6.56. The number of carbonyl (C=O) groups excluding carboxylic acids is 1. The second-order valence-corrected chi connectivity index (χ2v) is 5.01. The van der Waals surface area contributed by atoms with Gasteiger partial charge in [-0.05, 0) is 18.6 Å². The number of nitro benzene ring substituents is 1. The zero-order valence-corrected chi connectivity index (χ0v) is 12.7. The molecule has 0 aliphatic heterocycles. The van der Waals surface area contributed by atoms with Gasteiger partial charge in [-0.15, -0.1) is 0 Å². The Morgan fingerprint density at radius 2 is 2.20 bits per heavy atom. The third-order valence-corrected chi connectivity index (χ3v) is 3.05. The first kappa shape index (κ1) is 16.4. The van der Waals surface area contributed by atoms with Gasteiger partial charge in [0.15, 0.2) is 5.75 Å². The largest absolute Gasteiger partial charge is 0.487 e. The summed E-state index contributed by atoms with van der Waals surface area (Å²) in [6.45, 7) is 1.78. The molecule has 20 heavy (non-hydrogen) atoms. The predicted molar refractivity (Wildman–Crippen MR) is 75.6 cm³/mol. The van der Waals surface area contributed by atoms with Crippen LogP contribution in [0.25, 0.3) is 0 Å². The fraction of sp³-hybridized carbons (Fsp3) is 0.417. The smallest absolute Gasteiger partial charge is 0.322 e. The summed E-state index contributed by atoms with van der Waals surface area (Å²) in [5.74, 6) is -0.370. The molecule has 0 aromatic heterocycles. The second kappa shape index (κ2) is 7.20. The summed E-state index contributed by atoms with van der Waals surface area (Å²) in [5, 5.41) is 11.0. The molecule has 0 spiro atoms. The lowest BCUT2D eigenvalue weighted by molar-refractivity contribution is -0.386. The predicted octanol–water partition coefficient (Wildman–Crippen LogP) is 1.93. The van der Waals surface area contributed by atoms with Gasteiger partial charge in [0, 0.05) is 17.0 Å². The third-order valence-electron chi connectivity index (χ3n) is 2.60. The third kappa shape index (κ3) is 4.17. The summed E-state index contributed by atoms with van der Waals surface area (Å²) >= 11 is 3.19.